The van der Waals surface area contributed by atoms with E-state index in [1.165, 1.54) is 18.3 Å². The Morgan fingerprint density at radius 2 is 1.28 bits per heavy atom. The SMILES string of the molecule is CCCOCCOCCOCCCNC(=O)CCCOc1cc(C)c(S(=O)(=O)NC(CNC(=O)c2cn(C)c3cc(CNc4ncc[nH]4)ccc3c2=O)C(=O)O)c(C)c1.CCNC(=O)[C@@H](CCC(=O)NCCOC1OC2CC(C)(O)C2C(C)C1O)NC(=O)CN1CCN(CC(=O)O)CCN(CC(=O)O)CCN(CC(=O)O)CC1. The van der Waals surface area contributed by atoms with Crippen molar-refractivity contribution in [1.82, 2.24) is 65.4 Å². The normalized spacial score (nSPS) is 19.8. The second-order valence-corrected chi connectivity index (χ2v) is 29.9. The van der Waals surface area contributed by atoms with E-state index >= 15 is 0 Å². The van der Waals surface area contributed by atoms with Gasteiger partial charge in [0.25, 0.3) is 5.91 Å². The minimum atomic E-state index is -4.41. The number of sulfonamides is 1. The maximum atomic E-state index is 13.5. The number of aromatic amines is 1. The summed E-state index contributed by atoms with van der Waals surface area (Å²) >= 11 is 0. The van der Waals surface area contributed by atoms with E-state index in [0.717, 1.165) is 18.6 Å². The van der Waals surface area contributed by atoms with E-state index < -0.39 is 99.6 Å². The molecule has 2 aromatic heterocycles. The van der Waals surface area contributed by atoms with Crippen LogP contribution in [0.1, 0.15) is 99.7 Å². The van der Waals surface area contributed by atoms with Crippen LogP contribution < -0.4 is 46.8 Å². The summed E-state index contributed by atoms with van der Waals surface area (Å²) in [6.45, 7) is 15.3. The Labute approximate surface area is 656 Å². The Hall–Kier alpha value is -8.84. The maximum Gasteiger partial charge on any atom is 0.323 e. The topological polar surface area (TPSA) is 512 Å². The number of amides is 5. The molecule has 3 aliphatic rings. The van der Waals surface area contributed by atoms with Crippen LogP contribution in [0.3, 0.4) is 0 Å². The number of carboxylic acid groups (broad SMARTS) is 4. The van der Waals surface area contributed by atoms with Gasteiger partial charge in [0.05, 0.1) is 87.9 Å². The third kappa shape index (κ3) is 31.5. The molecular formula is C74H114N14O24S. The summed E-state index contributed by atoms with van der Waals surface area (Å²) in [5, 5.41) is 75.9. The number of anilines is 1. The minimum Gasteiger partial charge on any atom is -0.494 e. The van der Waals surface area contributed by atoms with Crippen LogP contribution in [0.15, 0.2) is 58.6 Å². The van der Waals surface area contributed by atoms with Gasteiger partial charge in [-0.25, -0.2) is 13.4 Å². The fraction of sp³-hybridized carbons (Fsp3) is 0.635. The molecule has 630 valence electrons. The molecule has 0 spiro atoms. The zero-order valence-electron chi connectivity index (χ0n) is 65.4. The molecule has 5 amide bonds. The number of aryl methyl sites for hydroxylation is 3. The first kappa shape index (κ1) is 93.0. The number of hydrogen-bond donors (Lipinski definition) is 14. The van der Waals surface area contributed by atoms with Crippen LogP contribution in [0.5, 0.6) is 5.75 Å². The van der Waals surface area contributed by atoms with E-state index in [2.05, 4.69) is 46.6 Å². The Morgan fingerprint density at radius 3 is 1.84 bits per heavy atom. The molecule has 0 bridgehead atoms. The highest BCUT2D eigenvalue weighted by Crippen LogP contribution is 2.50. The number of likely N-dealkylation sites (N-methyl/N-ethyl adjacent to an activating group) is 1. The minimum absolute atomic E-state index is 0.0130. The number of rotatable bonds is 45. The first-order chi connectivity index (χ1) is 53.8. The number of nitrogens with one attached hydrogen (secondary N) is 8. The first-order valence-electron chi connectivity index (χ1n) is 38.0. The van der Waals surface area contributed by atoms with Crippen molar-refractivity contribution in [2.75, 3.05) is 163 Å². The van der Waals surface area contributed by atoms with Gasteiger partial charge in [-0.2, -0.15) is 4.72 Å². The molecule has 1 aliphatic carbocycles. The van der Waals surface area contributed by atoms with Gasteiger partial charge >= 0.3 is 23.9 Å². The molecular weight excluding hydrogens is 1500 g/mol. The highest BCUT2D eigenvalue weighted by Gasteiger charge is 2.59. The maximum absolute atomic E-state index is 13.5. The van der Waals surface area contributed by atoms with Crippen molar-refractivity contribution < 1.29 is 111 Å². The lowest BCUT2D eigenvalue weighted by Gasteiger charge is -2.57. The predicted molar refractivity (Wildman–Crippen MR) is 410 cm³/mol. The number of aromatic nitrogens is 3. The predicted octanol–water partition coefficient (Wildman–Crippen LogP) is -0.734. The molecule has 4 heterocycles. The Kier molecular flexibility index (Phi) is 38.8. The van der Waals surface area contributed by atoms with Gasteiger partial charge in [-0.15, -0.1) is 0 Å². The van der Waals surface area contributed by atoms with Crippen LogP contribution in [0.2, 0.25) is 0 Å². The van der Waals surface area contributed by atoms with Gasteiger partial charge in [0, 0.05) is 155 Å². The molecule has 7 rings (SSSR count). The lowest BCUT2D eigenvalue weighted by molar-refractivity contribution is -0.332. The molecule has 1 saturated carbocycles. The van der Waals surface area contributed by atoms with Crippen molar-refractivity contribution in [1.29, 1.82) is 0 Å². The zero-order chi connectivity index (χ0) is 82.8. The molecule has 7 unspecified atom stereocenters. The number of carboxylic acids is 4. The zero-order valence-corrected chi connectivity index (χ0v) is 66.2. The first-order valence-corrected chi connectivity index (χ1v) is 39.5. The summed E-state index contributed by atoms with van der Waals surface area (Å²) in [5.41, 5.74) is 0.331. The van der Waals surface area contributed by atoms with Gasteiger partial charge in [-0.3, -0.25) is 67.5 Å². The molecule has 39 heteroatoms. The molecule has 0 radical (unpaired) electrons. The van der Waals surface area contributed by atoms with Gasteiger partial charge in [0.1, 0.15) is 29.5 Å². The molecule has 113 heavy (non-hydrogen) atoms. The number of aliphatic hydroxyl groups is 2. The Bertz CT molecular complexity index is 3890. The lowest BCUT2D eigenvalue weighted by atomic mass is 9.60. The van der Waals surface area contributed by atoms with Gasteiger partial charge < -0.3 is 101 Å². The number of fused-ring (bicyclic) bond motifs is 2. The van der Waals surface area contributed by atoms with Crippen molar-refractivity contribution in [3.05, 3.63) is 81.4 Å². The molecule has 4 aromatic rings. The van der Waals surface area contributed by atoms with E-state index in [9.17, 15) is 87.0 Å². The highest BCUT2D eigenvalue weighted by molar-refractivity contribution is 7.89. The number of nitrogens with zero attached hydrogens (tertiary/aromatic N) is 6. The number of carbonyl (C=O) groups is 9. The number of benzene rings is 2. The summed E-state index contributed by atoms with van der Waals surface area (Å²) in [6.07, 6.45) is 5.22. The van der Waals surface area contributed by atoms with Crippen molar-refractivity contribution >= 4 is 80.3 Å². The van der Waals surface area contributed by atoms with Crippen molar-refractivity contribution in [2.24, 2.45) is 18.9 Å². The molecule has 38 nitrogen and oxygen atoms in total. The summed E-state index contributed by atoms with van der Waals surface area (Å²) < 4.78 is 64.4. The van der Waals surface area contributed by atoms with E-state index in [-0.39, 0.29) is 164 Å². The van der Waals surface area contributed by atoms with Crippen LogP contribution in [0, 0.1) is 25.7 Å². The number of aliphatic carboxylic acids is 4. The molecule has 3 fully saturated rings. The summed E-state index contributed by atoms with van der Waals surface area (Å²) in [6, 6.07) is 5.38. The fourth-order valence-corrected chi connectivity index (χ4v) is 15.0. The number of hydrogen-bond acceptors (Lipinski definition) is 26. The van der Waals surface area contributed by atoms with Crippen molar-refractivity contribution in [3.8, 4) is 5.75 Å². The average Bonchev–Trinajstić information content (AvgIpc) is 0.805. The van der Waals surface area contributed by atoms with Crippen LogP contribution in [0.4, 0.5) is 5.95 Å². The smallest absolute Gasteiger partial charge is 0.323 e. The summed E-state index contributed by atoms with van der Waals surface area (Å²) in [4.78, 5) is 138. The van der Waals surface area contributed by atoms with E-state index in [1.54, 1.807) is 89.5 Å². The van der Waals surface area contributed by atoms with E-state index in [4.69, 9.17) is 28.4 Å². The second kappa shape index (κ2) is 47.1. The Balaban J connectivity index is 0.000000354. The molecule has 2 aromatic carbocycles. The van der Waals surface area contributed by atoms with Gasteiger partial charge in [-0.1, -0.05) is 19.9 Å². The third-order valence-corrected chi connectivity index (χ3v) is 20.9. The summed E-state index contributed by atoms with van der Waals surface area (Å²) in [5.74, 6) is -6.57. The molecule has 8 atom stereocenters. The quantitative estimate of drug-likeness (QED) is 0.0243. The average molecular weight is 1620 g/mol. The van der Waals surface area contributed by atoms with E-state index in [0.29, 0.717) is 93.7 Å². The van der Waals surface area contributed by atoms with Gasteiger partial charge in [0.15, 0.2) is 12.2 Å². The number of aliphatic hydroxyl groups excluding tert-OH is 1. The highest BCUT2D eigenvalue weighted by atomic mass is 32.2. The fourth-order valence-electron chi connectivity index (χ4n) is 13.4. The molecule has 2 aliphatic heterocycles. The van der Waals surface area contributed by atoms with Crippen LogP contribution in [-0.2, 0) is 85.7 Å². The third-order valence-electron chi connectivity index (χ3n) is 19.1. The van der Waals surface area contributed by atoms with Gasteiger partial charge in [-0.05, 0) is 100 Å². The van der Waals surface area contributed by atoms with Crippen molar-refractivity contribution in [3.63, 3.8) is 0 Å². The number of ether oxygens (including phenoxy) is 6. The molecule has 14 N–H and O–H groups in total. The largest absolute Gasteiger partial charge is 0.494 e. The van der Waals surface area contributed by atoms with Gasteiger partial charge in [0.2, 0.25) is 39.1 Å². The van der Waals surface area contributed by atoms with Crippen molar-refractivity contribution in [2.45, 2.75) is 134 Å². The lowest BCUT2D eigenvalue weighted by Crippen LogP contribution is -2.66. The number of imidazole rings is 1. The van der Waals surface area contributed by atoms with Crippen LogP contribution >= 0.6 is 0 Å². The summed E-state index contributed by atoms with van der Waals surface area (Å²) in [7, 11) is -2.74. The Morgan fingerprint density at radius 1 is 0.708 bits per heavy atom. The number of pyridine rings is 1. The van der Waals surface area contributed by atoms with Crippen LogP contribution in [-0.4, -0.2) is 320 Å². The number of H-pyrrole nitrogens is 1. The standard InChI is InChI=1S/C40H55N7O11S.C34H59N7O13/c1-5-14-55-17-19-57-20-18-56-15-7-11-41-35(48)8-6-16-58-30-21-27(2)37(28(3)22-30)59(53,54)46-33(39(51)52)25-44-38(50)32-26-47(4)34-23-29(9-10-31(34)36(32)49)24-45-40-42-12-13-43-40;1-4-35-32(51)23(5-6-25(42)36-7-16-53-33-31(50)22(2)30-24(54-33)17-34(30,3)52)37-26(43)18-38-8-10-39(19-27(44)45)12-14-41(21-29(48)49)15-13-40(11-9-38)20-28(46)47/h9-10,12-13,21-23,26,33,46H,5-8,11,14-20,24-25H2,1-4H3,(H,41,48)(H,44,50)(H,51,52)(H2,42,43,45);22-24,30-31,33,50,52H,4-21H2,1-3H3,(H,35,51)(H,36,42)(H,37,43)(H,44,45)(H,46,47)(H,48,49)/t;22?,23-,24?,30?,31?,33?,34?/m.1/s1. The van der Waals surface area contributed by atoms with E-state index in [1.807, 2.05) is 13.8 Å². The van der Waals surface area contributed by atoms with Crippen LogP contribution in [0.25, 0.3) is 10.9 Å². The number of carbonyl (C=O) groups excluding carboxylic acids is 5. The monoisotopic (exact) mass is 1610 g/mol. The second-order valence-electron chi connectivity index (χ2n) is 28.3. The molecule has 2 saturated heterocycles.